The highest BCUT2D eigenvalue weighted by Crippen LogP contribution is 2.18. The third kappa shape index (κ3) is 5.73. The number of sulfone groups is 1. The van der Waals surface area contributed by atoms with Gasteiger partial charge in [0.2, 0.25) is 0 Å². The highest BCUT2D eigenvalue weighted by Gasteiger charge is 2.22. The molecule has 0 spiro atoms. The largest absolute Gasteiger partial charge is 0.486 e. The second-order valence-electron chi connectivity index (χ2n) is 6.59. The summed E-state index contributed by atoms with van der Waals surface area (Å²) in [7, 11) is -3.61. The van der Waals surface area contributed by atoms with E-state index in [1.54, 1.807) is 37.3 Å². The summed E-state index contributed by atoms with van der Waals surface area (Å²) in [6.45, 7) is 1.87. The third-order valence-electron chi connectivity index (χ3n) is 4.24. The molecule has 1 aromatic heterocycles. The van der Waals surface area contributed by atoms with Crippen LogP contribution < -0.4 is 15.6 Å². The first-order chi connectivity index (χ1) is 14.9. The van der Waals surface area contributed by atoms with Crippen molar-refractivity contribution in [1.29, 1.82) is 0 Å². The number of hydrogen-bond donors (Lipinski definition) is 2. The van der Waals surface area contributed by atoms with Gasteiger partial charge in [-0.3, -0.25) is 20.4 Å². The molecular formula is C22H22N2O6S. The standard InChI is InChI=1S/C22H22N2O6S/c1-2-14-31(27,28)20-11-7-6-10-18(20)21(25)23-24-22(26)19-13-12-17(30-19)15-29-16-8-4-3-5-9-16/h3-13H,2,14-15H2,1H3,(H,23,25)(H,24,26). The van der Waals surface area contributed by atoms with Crippen LogP contribution in [-0.4, -0.2) is 26.0 Å². The zero-order chi connectivity index (χ0) is 22.3. The van der Waals surface area contributed by atoms with Crippen LogP contribution in [0.5, 0.6) is 5.75 Å². The van der Waals surface area contributed by atoms with Crippen molar-refractivity contribution < 1.29 is 27.2 Å². The number of para-hydroxylation sites is 1. The van der Waals surface area contributed by atoms with E-state index in [1.807, 2.05) is 18.2 Å². The van der Waals surface area contributed by atoms with Gasteiger partial charge in [-0.15, -0.1) is 0 Å². The molecule has 8 nitrogen and oxygen atoms in total. The van der Waals surface area contributed by atoms with E-state index >= 15 is 0 Å². The average molecular weight is 442 g/mol. The molecule has 0 saturated heterocycles. The van der Waals surface area contributed by atoms with Gasteiger partial charge in [0.15, 0.2) is 15.6 Å². The molecule has 0 unspecified atom stereocenters. The number of hydrogen-bond acceptors (Lipinski definition) is 6. The van der Waals surface area contributed by atoms with Gasteiger partial charge in [-0.2, -0.15) is 0 Å². The molecule has 0 saturated carbocycles. The van der Waals surface area contributed by atoms with Gasteiger partial charge in [0.05, 0.1) is 16.2 Å². The van der Waals surface area contributed by atoms with Crippen LogP contribution in [0.4, 0.5) is 0 Å². The lowest BCUT2D eigenvalue weighted by atomic mass is 10.2. The monoisotopic (exact) mass is 442 g/mol. The van der Waals surface area contributed by atoms with Crippen LogP contribution in [0.15, 0.2) is 76.0 Å². The van der Waals surface area contributed by atoms with Crippen LogP contribution in [0.3, 0.4) is 0 Å². The normalized spacial score (nSPS) is 11.0. The zero-order valence-corrected chi connectivity index (χ0v) is 17.6. The highest BCUT2D eigenvalue weighted by atomic mass is 32.2. The first-order valence-corrected chi connectivity index (χ1v) is 11.2. The van der Waals surface area contributed by atoms with Crippen molar-refractivity contribution in [2.75, 3.05) is 5.75 Å². The minimum absolute atomic E-state index is 0.0288. The van der Waals surface area contributed by atoms with E-state index in [0.29, 0.717) is 17.9 Å². The van der Waals surface area contributed by atoms with E-state index in [1.165, 1.54) is 18.2 Å². The number of carbonyl (C=O) groups excluding carboxylic acids is 2. The minimum atomic E-state index is -3.61. The van der Waals surface area contributed by atoms with E-state index in [-0.39, 0.29) is 28.6 Å². The van der Waals surface area contributed by atoms with Crippen LogP contribution >= 0.6 is 0 Å². The number of amides is 2. The first kappa shape index (κ1) is 22.1. The molecule has 162 valence electrons. The molecule has 3 rings (SSSR count). The number of furan rings is 1. The molecule has 9 heteroatoms. The molecule has 31 heavy (non-hydrogen) atoms. The Morgan fingerprint density at radius 2 is 1.58 bits per heavy atom. The Labute approximate surface area is 180 Å². The Morgan fingerprint density at radius 1 is 0.903 bits per heavy atom. The van der Waals surface area contributed by atoms with E-state index in [4.69, 9.17) is 9.15 Å². The van der Waals surface area contributed by atoms with Crippen LogP contribution in [0.25, 0.3) is 0 Å². The summed E-state index contributed by atoms with van der Waals surface area (Å²) in [6, 6.07) is 18.0. The van der Waals surface area contributed by atoms with Gasteiger partial charge in [0.1, 0.15) is 18.1 Å². The molecule has 1 heterocycles. The maximum absolute atomic E-state index is 12.5. The number of carbonyl (C=O) groups is 2. The zero-order valence-electron chi connectivity index (χ0n) is 16.8. The van der Waals surface area contributed by atoms with Crippen LogP contribution in [0.2, 0.25) is 0 Å². The summed E-state index contributed by atoms with van der Waals surface area (Å²) in [6.07, 6.45) is 0.420. The summed E-state index contributed by atoms with van der Waals surface area (Å²) >= 11 is 0. The lowest BCUT2D eigenvalue weighted by Gasteiger charge is -2.10. The second kappa shape index (κ2) is 9.94. The SMILES string of the molecule is CCCS(=O)(=O)c1ccccc1C(=O)NNC(=O)c1ccc(COc2ccccc2)o1. The maximum atomic E-state index is 12.5. The Kier molecular flexibility index (Phi) is 7.09. The van der Waals surface area contributed by atoms with E-state index in [9.17, 15) is 18.0 Å². The fraction of sp³-hybridized carbons (Fsp3) is 0.182. The van der Waals surface area contributed by atoms with Crippen molar-refractivity contribution in [3.05, 3.63) is 83.8 Å². The van der Waals surface area contributed by atoms with Crippen molar-refractivity contribution in [2.24, 2.45) is 0 Å². The predicted octanol–water partition coefficient (Wildman–Crippen LogP) is 3.12. The molecule has 2 N–H and O–H groups in total. The Hall–Kier alpha value is -3.59. The highest BCUT2D eigenvalue weighted by molar-refractivity contribution is 7.91. The molecule has 3 aromatic rings. The summed E-state index contributed by atoms with van der Waals surface area (Å²) in [5.74, 6) is -0.454. The number of rotatable bonds is 8. The molecular weight excluding hydrogens is 420 g/mol. The number of hydrazine groups is 1. The van der Waals surface area contributed by atoms with Crippen LogP contribution in [-0.2, 0) is 16.4 Å². The van der Waals surface area contributed by atoms with Gasteiger partial charge in [0, 0.05) is 0 Å². The summed E-state index contributed by atoms with van der Waals surface area (Å²) in [5, 5.41) is 0. The Bertz CT molecular complexity index is 1160. The molecule has 2 aromatic carbocycles. The fourth-order valence-corrected chi connectivity index (χ4v) is 4.33. The van der Waals surface area contributed by atoms with Gasteiger partial charge >= 0.3 is 5.91 Å². The fourth-order valence-electron chi connectivity index (χ4n) is 2.80. The minimum Gasteiger partial charge on any atom is -0.486 e. The van der Waals surface area contributed by atoms with E-state index < -0.39 is 21.7 Å². The maximum Gasteiger partial charge on any atom is 0.305 e. The number of benzene rings is 2. The summed E-state index contributed by atoms with van der Waals surface area (Å²) in [5.41, 5.74) is 4.40. The lowest BCUT2D eigenvalue weighted by Crippen LogP contribution is -2.42. The molecule has 0 fully saturated rings. The van der Waals surface area contributed by atoms with E-state index in [0.717, 1.165) is 0 Å². The molecule has 0 aliphatic heterocycles. The number of nitrogens with one attached hydrogen (secondary N) is 2. The van der Waals surface area contributed by atoms with Gasteiger partial charge in [-0.1, -0.05) is 37.3 Å². The van der Waals surface area contributed by atoms with E-state index in [2.05, 4.69) is 10.9 Å². The van der Waals surface area contributed by atoms with Crippen molar-refractivity contribution in [2.45, 2.75) is 24.8 Å². The molecule has 2 amide bonds. The van der Waals surface area contributed by atoms with Gasteiger partial charge in [0.25, 0.3) is 5.91 Å². The smallest absolute Gasteiger partial charge is 0.305 e. The van der Waals surface area contributed by atoms with Gasteiger partial charge < -0.3 is 9.15 Å². The van der Waals surface area contributed by atoms with Gasteiger partial charge in [-0.25, -0.2) is 8.42 Å². The lowest BCUT2D eigenvalue weighted by molar-refractivity contribution is 0.0827. The van der Waals surface area contributed by atoms with Crippen LogP contribution in [0.1, 0.15) is 40.0 Å². The van der Waals surface area contributed by atoms with Crippen LogP contribution in [0, 0.1) is 0 Å². The molecule has 0 aliphatic carbocycles. The second-order valence-corrected chi connectivity index (χ2v) is 8.67. The molecule has 0 atom stereocenters. The van der Waals surface area contributed by atoms with Crippen molar-refractivity contribution in [1.82, 2.24) is 10.9 Å². The Morgan fingerprint density at radius 3 is 2.32 bits per heavy atom. The van der Waals surface area contributed by atoms with Crippen molar-refractivity contribution in [3.63, 3.8) is 0 Å². The number of ether oxygens (including phenoxy) is 1. The molecule has 0 radical (unpaired) electrons. The van der Waals surface area contributed by atoms with Crippen molar-refractivity contribution >= 4 is 21.7 Å². The first-order valence-electron chi connectivity index (χ1n) is 9.59. The quantitative estimate of drug-likeness (QED) is 0.518. The molecule has 0 aliphatic rings. The Balaban J connectivity index is 1.60. The summed E-state index contributed by atoms with van der Waals surface area (Å²) in [4.78, 5) is 24.7. The predicted molar refractivity (Wildman–Crippen MR) is 113 cm³/mol. The third-order valence-corrected chi connectivity index (χ3v) is 6.21. The topological polar surface area (TPSA) is 115 Å². The average Bonchev–Trinajstić information content (AvgIpc) is 3.26. The van der Waals surface area contributed by atoms with Gasteiger partial charge in [-0.05, 0) is 42.8 Å². The summed E-state index contributed by atoms with van der Waals surface area (Å²) < 4.78 is 35.8. The molecule has 0 bridgehead atoms. The van der Waals surface area contributed by atoms with Crippen molar-refractivity contribution in [3.8, 4) is 5.75 Å².